The van der Waals surface area contributed by atoms with Gasteiger partial charge in [0.2, 0.25) is 12.3 Å². The number of Topliss-reactive ketones (excluding diaryl/α,β-unsaturated/α-hetero) is 1. The Morgan fingerprint density at radius 2 is 1.76 bits per heavy atom. The van der Waals surface area contributed by atoms with E-state index in [-0.39, 0.29) is 12.3 Å². The van der Waals surface area contributed by atoms with Crippen LogP contribution in [0.5, 0.6) is 5.75 Å². The second kappa shape index (κ2) is 7.95. The van der Waals surface area contributed by atoms with Crippen molar-refractivity contribution < 1.29 is 14.1 Å². The first-order valence-corrected chi connectivity index (χ1v) is 8.45. The van der Waals surface area contributed by atoms with Gasteiger partial charge in [0.1, 0.15) is 12.4 Å². The van der Waals surface area contributed by atoms with Gasteiger partial charge in [0.25, 0.3) is 0 Å². The standard InChI is InChI=1S/C21H19ClNO2/c1-16-13-18(7-8-20(16)22)21(24)14-23-11-9-19(10-12-23)25-15-17-5-3-2-4-6-17/h2-13H,14-15H2,1H3/q+1. The Morgan fingerprint density at radius 3 is 2.44 bits per heavy atom. The lowest BCUT2D eigenvalue weighted by Gasteiger charge is -2.05. The Labute approximate surface area is 152 Å². The number of ether oxygens (including phenoxy) is 1. The number of hydrogen-bond donors (Lipinski definition) is 0. The molecule has 2 aromatic carbocycles. The summed E-state index contributed by atoms with van der Waals surface area (Å²) < 4.78 is 7.59. The van der Waals surface area contributed by atoms with Crippen molar-refractivity contribution in [2.24, 2.45) is 0 Å². The molecule has 126 valence electrons. The van der Waals surface area contributed by atoms with Crippen LogP contribution >= 0.6 is 11.6 Å². The highest BCUT2D eigenvalue weighted by Crippen LogP contribution is 2.16. The minimum atomic E-state index is 0.0442. The average Bonchev–Trinajstić information content (AvgIpc) is 2.64. The molecule has 0 amide bonds. The number of aromatic nitrogens is 1. The largest absolute Gasteiger partial charge is 0.488 e. The smallest absolute Gasteiger partial charge is 0.227 e. The number of rotatable bonds is 6. The summed E-state index contributed by atoms with van der Waals surface area (Å²) in [5, 5.41) is 0.670. The molecule has 0 bridgehead atoms. The van der Waals surface area contributed by atoms with E-state index in [1.165, 1.54) is 0 Å². The van der Waals surface area contributed by atoms with Crippen molar-refractivity contribution in [2.75, 3.05) is 0 Å². The summed E-state index contributed by atoms with van der Waals surface area (Å²) in [4.78, 5) is 12.4. The highest BCUT2D eigenvalue weighted by Gasteiger charge is 2.13. The number of carbonyl (C=O) groups excluding carboxylic acids is 1. The number of carbonyl (C=O) groups is 1. The van der Waals surface area contributed by atoms with E-state index in [4.69, 9.17) is 16.3 Å². The normalized spacial score (nSPS) is 10.5. The molecule has 3 aromatic rings. The summed E-state index contributed by atoms with van der Waals surface area (Å²) in [6.07, 6.45) is 3.70. The highest BCUT2D eigenvalue weighted by molar-refractivity contribution is 6.31. The minimum Gasteiger partial charge on any atom is -0.488 e. The number of aryl methyl sites for hydroxylation is 1. The summed E-state index contributed by atoms with van der Waals surface area (Å²) >= 11 is 6.01. The molecule has 25 heavy (non-hydrogen) atoms. The molecule has 1 heterocycles. The predicted molar refractivity (Wildman–Crippen MR) is 97.9 cm³/mol. The molecule has 0 atom stereocenters. The SMILES string of the molecule is Cc1cc(C(=O)C[n+]2ccc(OCc3ccccc3)cc2)ccc1Cl. The fourth-order valence-corrected chi connectivity index (χ4v) is 2.58. The first-order valence-electron chi connectivity index (χ1n) is 8.07. The van der Waals surface area contributed by atoms with Crippen molar-refractivity contribution in [2.45, 2.75) is 20.1 Å². The molecule has 0 spiro atoms. The highest BCUT2D eigenvalue weighted by atomic mass is 35.5. The molecule has 0 unspecified atom stereocenters. The monoisotopic (exact) mass is 352 g/mol. The fraction of sp³-hybridized carbons (Fsp3) is 0.143. The third kappa shape index (κ3) is 4.68. The Morgan fingerprint density at radius 1 is 1.04 bits per heavy atom. The van der Waals surface area contributed by atoms with Gasteiger partial charge >= 0.3 is 0 Å². The van der Waals surface area contributed by atoms with Gasteiger partial charge in [-0.3, -0.25) is 4.79 Å². The van der Waals surface area contributed by atoms with Gasteiger partial charge in [0, 0.05) is 22.7 Å². The van der Waals surface area contributed by atoms with Gasteiger partial charge in [-0.15, -0.1) is 0 Å². The van der Waals surface area contributed by atoms with Crippen LogP contribution in [0.3, 0.4) is 0 Å². The van der Waals surface area contributed by atoms with Crippen LogP contribution in [0.25, 0.3) is 0 Å². The van der Waals surface area contributed by atoms with Crippen LogP contribution in [0.1, 0.15) is 21.5 Å². The van der Waals surface area contributed by atoms with Crippen LogP contribution in [0, 0.1) is 6.92 Å². The van der Waals surface area contributed by atoms with E-state index in [2.05, 4.69) is 0 Å². The molecule has 0 fully saturated rings. The van der Waals surface area contributed by atoms with Gasteiger partial charge in [-0.2, -0.15) is 4.57 Å². The van der Waals surface area contributed by atoms with E-state index in [0.717, 1.165) is 16.9 Å². The van der Waals surface area contributed by atoms with Crippen molar-refractivity contribution in [3.05, 3.63) is 94.8 Å². The third-order valence-corrected chi connectivity index (χ3v) is 4.34. The molecule has 3 rings (SSSR count). The quantitative estimate of drug-likeness (QED) is 0.486. The van der Waals surface area contributed by atoms with Crippen LogP contribution in [0.15, 0.2) is 73.1 Å². The number of hydrogen-bond acceptors (Lipinski definition) is 2. The van der Waals surface area contributed by atoms with E-state index in [1.54, 1.807) is 12.1 Å². The average molecular weight is 353 g/mol. The number of benzene rings is 2. The minimum absolute atomic E-state index is 0.0442. The Bertz CT molecular complexity index is 861. The van der Waals surface area contributed by atoms with Gasteiger partial charge in [0.05, 0.1) is 0 Å². The van der Waals surface area contributed by atoms with Gasteiger partial charge < -0.3 is 4.74 Å². The molecule has 0 aliphatic carbocycles. The Balaban J connectivity index is 1.60. The Kier molecular flexibility index (Phi) is 5.46. The van der Waals surface area contributed by atoms with E-state index in [0.29, 0.717) is 17.2 Å². The van der Waals surface area contributed by atoms with Gasteiger partial charge in [-0.05, 0) is 36.2 Å². The summed E-state index contributed by atoms with van der Waals surface area (Å²) in [6.45, 7) is 2.69. The summed E-state index contributed by atoms with van der Waals surface area (Å²) in [5.41, 5.74) is 2.69. The Hall–Kier alpha value is -2.65. The fourth-order valence-electron chi connectivity index (χ4n) is 2.46. The van der Waals surface area contributed by atoms with Crippen molar-refractivity contribution in [1.29, 1.82) is 0 Å². The molecule has 0 saturated carbocycles. The summed E-state index contributed by atoms with van der Waals surface area (Å²) in [7, 11) is 0. The lowest BCUT2D eigenvalue weighted by molar-refractivity contribution is -0.683. The van der Waals surface area contributed by atoms with Crippen LogP contribution in [-0.2, 0) is 13.2 Å². The predicted octanol–water partition coefficient (Wildman–Crippen LogP) is 4.40. The number of pyridine rings is 1. The van der Waals surface area contributed by atoms with E-state index in [9.17, 15) is 4.79 Å². The number of ketones is 1. The lowest BCUT2D eigenvalue weighted by Crippen LogP contribution is -2.37. The van der Waals surface area contributed by atoms with Gasteiger partial charge in [0.15, 0.2) is 12.4 Å². The first-order chi connectivity index (χ1) is 12.1. The molecular weight excluding hydrogens is 334 g/mol. The van der Waals surface area contributed by atoms with Crippen molar-refractivity contribution in [3.8, 4) is 5.75 Å². The van der Waals surface area contributed by atoms with E-state index >= 15 is 0 Å². The second-order valence-electron chi connectivity index (χ2n) is 5.87. The summed E-state index contributed by atoms with van der Waals surface area (Å²) in [5.74, 6) is 0.817. The molecule has 0 aliphatic rings. The van der Waals surface area contributed by atoms with Crippen LogP contribution in [0.4, 0.5) is 0 Å². The van der Waals surface area contributed by atoms with E-state index < -0.39 is 0 Å². The number of halogens is 1. The zero-order valence-electron chi connectivity index (χ0n) is 14.0. The molecule has 0 N–H and O–H groups in total. The summed E-state index contributed by atoms with van der Waals surface area (Å²) in [6, 6.07) is 19.1. The van der Waals surface area contributed by atoms with Crippen molar-refractivity contribution in [1.82, 2.24) is 0 Å². The molecule has 4 heteroatoms. The molecule has 0 aliphatic heterocycles. The van der Waals surface area contributed by atoms with Crippen molar-refractivity contribution >= 4 is 17.4 Å². The molecule has 0 radical (unpaired) electrons. The second-order valence-corrected chi connectivity index (χ2v) is 6.27. The van der Waals surface area contributed by atoms with Gasteiger partial charge in [-0.1, -0.05) is 41.9 Å². The topological polar surface area (TPSA) is 30.2 Å². The number of nitrogens with zero attached hydrogens (tertiary/aromatic N) is 1. The lowest BCUT2D eigenvalue weighted by atomic mass is 10.1. The van der Waals surface area contributed by atoms with Crippen LogP contribution < -0.4 is 9.30 Å². The molecular formula is C21H19ClNO2+. The van der Waals surface area contributed by atoms with Gasteiger partial charge in [-0.25, -0.2) is 0 Å². The van der Waals surface area contributed by atoms with Crippen molar-refractivity contribution in [3.63, 3.8) is 0 Å². The third-order valence-electron chi connectivity index (χ3n) is 3.91. The molecule has 3 nitrogen and oxygen atoms in total. The first kappa shape index (κ1) is 17.2. The molecule has 1 aromatic heterocycles. The zero-order chi connectivity index (χ0) is 17.6. The van der Waals surface area contributed by atoms with E-state index in [1.807, 2.05) is 72.4 Å². The maximum Gasteiger partial charge on any atom is 0.227 e. The zero-order valence-corrected chi connectivity index (χ0v) is 14.7. The van der Waals surface area contributed by atoms with Crippen LogP contribution in [-0.4, -0.2) is 5.78 Å². The molecule has 0 saturated heterocycles. The maximum atomic E-state index is 12.4. The maximum absolute atomic E-state index is 12.4. The van der Waals surface area contributed by atoms with Crippen LogP contribution in [0.2, 0.25) is 5.02 Å².